The number of hydrogen-bond donors (Lipinski definition) is 1. The highest BCUT2D eigenvalue weighted by Crippen LogP contribution is 2.31. The van der Waals surface area contributed by atoms with Gasteiger partial charge in [-0.05, 0) is 30.9 Å². The van der Waals surface area contributed by atoms with Gasteiger partial charge in [0.05, 0.1) is 5.52 Å². The Morgan fingerprint density at radius 3 is 2.90 bits per heavy atom. The SMILES string of the molecule is CC1CCCC(C(=O)c2cc(N)c3ccccc3n2)C1. The van der Waals surface area contributed by atoms with Crippen molar-refractivity contribution in [2.24, 2.45) is 11.8 Å². The third-order valence-corrected chi connectivity index (χ3v) is 4.31. The fourth-order valence-electron chi connectivity index (χ4n) is 3.21. The Hall–Kier alpha value is -1.90. The van der Waals surface area contributed by atoms with Crippen LogP contribution in [0, 0.1) is 11.8 Å². The van der Waals surface area contributed by atoms with Crippen molar-refractivity contribution in [1.29, 1.82) is 0 Å². The molecule has 0 spiro atoms. The van der Waals surface area contributed by atoms with Crippen molar-refractivity contribution < 1.29 is 4.79 Å². The van der Waals surface area contributed by atoms with Gasteiger partial charge in [-0.15, -0.1) is 0 Å². The molecule has 1 aliphatic carbocycles. The number of benzene rings is 1. The predicted octanol–water partition coefficient (Wildman–Crippen LogP) is 3.83. The van der Waals surface area contributed by atoms with Gasteiger partial charge >= 0.3 is 0 Å². The highest BCUT2D eigenvalue weighted by Gasteiger charge is 2.27. The van der Waals surface area contributed by atoms with Gasteiger partial charge in [-0.1, -0.05) is 38.0 Å². The molecule has 0 aliphatic heterocycles. The molecule has 20 heavy (non-hydrogen) atoms. The zero-order valence-electron chi connectivity index (χ0n) is 11.8. The summed E-state index contributed by atoms with van der Waals surface area (Å²) in [5, 5.41) is 0.918. The number of nitrogens with two attached hydrogens (primary N) is 1. The monoisotopic (exact) mass is 268 g/mol. The summed E-state index contributed by atoms with van der Waals surface area (Å²) in [5.74, 6) is 0.913. The van der Waals surface area contributed by atoms with Crippen LogP contribution in [0.4, 0.5) is 5.69 Å². The second kappa shape index (κ2) is 5.23. The molecule has 0 bridgehead atoms. The first-order valence-corrected chi connectivity index (χ1v) is 7.34. The van der Waals surface area contributed by atoms with E-state index in [0.717, 1.165) is 30.2 Å². The van der Waals surface area contributed by atoms with Crippen LogP contribution in [0.5, 0.6) is 0 Å². The molecule has 2 aromatic rings. The molecule has 2 unspecified atom stereocenters. The molecular weight excluding hydrogens is 248 g/mol. The lowest BCUT2D eigenvalue weighted by Gasteiger charge is -2.25. The van der Waals surface area contributed by atoms with E-state index in [4.69, 9.17) is 5.73 Å². The minimum atomic E-state index is 0.117. The van der Waals surface area contributed by atoms with Crippen LogP contribution >= 0.6 is 0 Å². The summed E-state index contributed by atoms with van der Waals surface area (Å²) in [7, 11) is 0. The standard InChI is InChI=1S/C17H20N2O/c1-11-5-4-6-12(9-11)17(20)16-10-14(18)13-7-2-3-8-15(13)19-16/h2-3,7-8,10-12H,4-6,9H2,1H3,(H2,18,19). The first kappa shape index (κ1) is 13.1. The Morgan fingerprint density at radius 2 is 2.10 bits per heavy atom. The number of hydrogen-bond acceptors (Lipinski definition) is 3. The normalized spacial score (nSPS) is 22.9. The Bertz CT molecular complexity index is 650. The van der Waals surface area contributed by atoms with E-state index in [1.165, 1.54) is 6.42 Å². The summed E-state index contributed by atoms with van der Waals surface area (Å²) in [6.45, 7) is 2.22. The zero-order chi connectivity index (χ0) is 14.1. The van der Waals surface area contributed by atoms with E-state index in [0.29, 0.717) is 17.3 Å². The molecule has 1 saturated carbocycles. The number of pyridine rings is 1. The van der Waals surface area contributed by atoms with Crippen LogP contribution in [-0.4, -0.2) is 10.8 Å². The predicted molar refractivity (Wildman–Crippen MR) is 81.6 cm³/mol. The van der Waals surface area contributed by atoms with Crippen molar-refractivity contribution in [3.8, 4) is 0 Å². The van der Waals surface area contributed by atoms with E-state index in [-0.39, 0.29) is 11.7 Å². The van der Waals surface area contributed by atoms with E-state index in [1.54, 1.807) is 6.07 Å². The number of carbonyl (C=O) groups excluding carboxylic acids is 1. The average Bonchev–Trinajstić information content (AvgIpc) is 2.46. The molecule has 0 amide bonds. The van der Waals surface area contributed by atoms with Gasteiger partial charge in [0.25, 0.3) is 0 Å². The van der Waals surface area contributed by atoms with Crippen LogP contribution in [-0.2, 0) is 0 Å². The number of aromatic nitrogens is 1. The third-order valence-electron chi connectivity index (χ3n) is 4.31. The quantitative estimate of drug-likeness (QED) is 0.842. The maximum absolute atomic E-state index is 12.6. The zero-order valence-corrected chi connectivity index (χ0v) is 11.8. The van der Waals surface area contributed by atoms with Gasteiger partial charge in [0.15, 0.2) is 5.78 Å². The smallest absolute Gasteiger partial charge is 0.184 e. The van der Waals surface area contributed by atoms with Crippen molar-refractivity contribution in [3.05, 3.63) is 36.0 Å². The molecule has 3 heteroatoms. The number of fused-ring (bicyclic) bond motifs is 1. The maximum atomic E-state index is 12.6. The van der Waals surface area contributed by atoms with Crippen LogP contribution in [0.15, 0.2) is 30.3 Å². The average molecular weight is 268 g/mol. The number of nitrogen functional groups attached to an aromatic ring is 1. The van der Waals surface area contributed by atoms with Crippen LogP contribution in [0.25, 0.3) is 10.9 Å². The van der Waals surface area contributed by atoms with Crippen molar-refractivity contribution in [1.82, 2.24) is 4.98 Å². The van der Waals surface area contributed by atoms with Crippen LogP contribution in [0.3, 0.4) is 0 Å². The molecular formula is C17H20N2O. The first-order chi connectivity index (χ1) is 9.65. The van der Waals surface area contributed by atoms with E-state index in [2.05, 4.69) is 11.9 Å². The summed E-state index contributed by atoms with van der Waals surface area (Å²) in [6, 6.07) is 9.45. The lowest BCUT2D eigenvalue weighted by atomic mass is 9.79. The van der Waals surface area contributed by atoms with E-state index in [9.17, 15) is 4.79 Å². The summed E-state index contributed by atoms with van der Waals surface area (Å²) < 4.78 is 0. The van der Waals surface area contributed by atoms with Gasteiger partial charge < -0.3 is 5.73 Å². The van der Waals surface area contributed by atoms with E-state index >= 15 is 0 Å². The molecule has 2 atom stereocenters. The van der Waals surface area contributed by atoms with E-state index < -0.39 is 0 Å². The number of carbonyl (C=O) groups is 1. The molecule has 104 valence electrons. The minimum Gasteiger partial charge on any atom is -0.398 e. The highest BCUT2D eigenvalue weighted by molar-refractivity contribution is 6.01. The molecule has 1 heterocycles. The summed E-state index contributed by atoms with van der Waals surface area (Å²) in [6.07, 6.45) is 4.34. The summed E-state index contributed by atoms with van der Waals surface area (Å²) >= 11 is 0. The van der Waals surface area contributed by atoms with Crippen LogP contribution in [0.2, 0.25) is 0 Å². The lowest BCUT2D eigenvalue weighted by molar-refractivity contribution is 0.0863. The minimum absolute atomic E-state index is 0.117. The molecule has 2 N–H and O–H groups in total. The number of nitrogens with zero attached hydrogens (tertiary/aromatic N) is 1. The Labute approximate surface area is 119 Å². The molecule has 1 aliphatic rings. The van der Waals surface area contributed by atoms with Gasteiger partial charge in [0, 0.05) is 17.0 Å². The van der Waals surface area contributed by atoms with Gasteiger partial charge in [-0.2, -0.15) is 0 Å². The van der Waals surface area contributed by atoms with Gasteiger partial charge in [0.2, 0.25) is 0 Å². The van der Waals surface area contributed by atoms with E-state index in [1.807, 2.05) is 24.3 Å². The molecule has 3 nitrogen and oxygen atoms in total. The Kier molecular flexibility index (Phi) is 3.43. The highest BCUT2D eigenvalue weighted by atomic mass is 16.1. The molecule has 0 saturated heterocycles. The summed E-state index contributed by atoms with van der Waals surface area (Å²) in [5.41, 5.74) is 8.03. The van der Waals surface area contributed by atoms with Gasteiger partial charge in [-0.3, -0.25) is 4.79 Å². The Balaban J connectivity index is 1.95. The number of ketones is 1. The number of rotatable bonds is 2. The third kappa shape index (κ3) is 2.40. The van der Waals surface area contributed by atoms with Gasteiger partial charge in [0.1, 0.15) is 5.69 Å². The van der Waals surface area contributed by atoms with Crippen molar-refractivity contribution in [2.45, 2.75) is 32.6 Å². The molecule has 1 aromatic carbocycles. The van der Waals surface area contributed by atoms with Crippen LogP contribution in [0.1, 0.15) is 43.1 Å². The van der Waals surface area contributed by atoms with Crippen LogP contribution < -0.4 is 5.73 Å². The fraction of sp³-hybridized carbons (Fsp3) is 0.412. The molecule has 3 rings (SSSR count). The maximum Gasteiger partial charge on any atom is 0.184 e. The number of para-hydroxylation sites is 1. The lowest BCUT2D eigenvalue weighted by Crippen LogP contribution is -2.22. The molecule has 1 fully saturated rings. The molecule has 1 aromatic heterocycles. The molecule has 0 radical (unpaired) electrons. The number of Topliss-reactive ketones (excluding diaryl/α,β-unsaturated/α-hetero) is 1. The summed E-state index contributed by atoms with van der Waals surface area (Å²) in [4.78, 5) is 17.1. The van der Waals surface area contributed by atoms with Crippen molar-refractivity contribution in [2.75, 3.05) is 5.73 Å². The van der Waals surface area contributed by atoms with Crippen molar-refractivity contribution in [3.63, 3.8) is 0 Å². The van der Waals surface area contributed by atoms with Crippen molar-refractivity contribution >= 4 is 22.4 Å². The van der Waals surface area contributed by atoms with Gasteiger partial charge in [-0.25, -0.2) is 4.98 Å². The topological polar surface area (TPSA) is 56.0 Å². The Morgan fingerprint density at radius 1 is 1.30 bits per heavy atom. The second-order valence-electron chi connectivity index (χ2n) is 5.95. The fourth-order valence-corrected chi connectivity index (χ4v) is 3.21. The largest absolute Gasteiger partial charge is 0.398 e. The second-order valence-corrected chi connectivity index (χ2v) is 5.95. The number of anilines is 1. The first-order valence-electron chi connectivity index (χ1n) is 7.34.